The minimum absolute atomic E-state index is 0.104. The largest absolute Gasteiger partial charge is 0.496 e. The van der Waals surface area contributed by atoms with Crippen LogP contribution in [0.25, 0.3) is 0 Å². The molecule has 2 unspecified atom stereocenters. The summed E-state index contributed by atoms with van der Waals surface area (Å²) in [7, 11) is 1.69. The molecule has 1 fully saturated rings. The Kier molecular flexibility index (Phi) is 4.25. The summed E-state index contributed by atoms with van der Waals surface area (Å²) in [4.78, 5) is 0. The number of hydrogen-bond donors (Lipinski definition) is 1. The lowest BCUT2D eigenvalue weighted by Gasteiger charge is -2.25. The Hall–Kier alpha value is -1.06. The minimum Gasteiger partial charge on any atom is -0.496 e. The fraction of sp³-hybridized carbons (Fsp3) is 0.600. The summed E-state index contributed by atoms with van der Waals surface area (Å²) in [6.45, 7) is 4.81. The zero-order valence-corrected chi connectivity index (χ0v) is 11.5. The number of rotatable bonds is 6. The Morgan fingerprint density at radius 1 is 1.39 bits per heavy atom. The van der Waals surface area contributed by atoms with Crippen LogP contribution in [0.15, 0.2) is 18.2 Å². The Morgan fingerprint density at radius 2 is 2.11 bits per heavy atom. The summed E-state index contributed by atoms with van der Waals surface area (Å²) >= 11 is 0. The van der Waals surface area contributed by atoms with Gasteiger partial charge in [-0.3, -0.25) is 0 Å². The minimum atomic E-state index is -0.104. The van der Waals surface area contributed by atoms with Crippen LogP contribution in [-0.2, 0) is 4.74 Å². The average Bonchev–Trinajstić information content (AvgIpc) is 3.19. The standard InChI is InChI=1S/C15H23NO2/c1-4-18-15(11-6-7-11)14(16)12-9-10(2)5-8-13(12)17-3/h5,8-9,11,14-15H,4,6-7,16H2,1-3H3. The summed E-state index contributed by atoms with van der Waals surface area (Å²) in [6, 6.07) is 6.03. The number of benzene rings is 1. The maximum absolute atomic E-state index is 6.41. The molecule has 2 atom stereocenters. The molecule has 1 saturated carbocycles. The molecule has 0 radical (unpaired) electrons. The monoisotopic (exact) mass is 249 g/mol. The van der Waals surface area contributed by atoms with Crippen LogP contribution in [0.1, 0.15) is 36.9 Å². The fourth-order valence-electron chi connectivity index (χ4n) is 2.44. The van der Waals surface area contributed by atoms with Gasteiger partial charge in [-0.1, -0.05) is 17.7 Å². The number of hydrogen-bond acceptors (Lipinski definition) is 3. The summed E-state index contributed by atoms with van der Waals surface area (Å²) in [5.74, 6) is 1.48. The fourth-order valence-corrected chi connectivity index (χ4v) is 2.44. The van der Waals surface area contributed by atoms with Crippen LogP contribution in [-0.4, -0.2) is 19.8 Å². The highest BCUT2D eigenvalue weighted by atomic mass is 16.5. The van der Waals surface area contributed by atoms with Crippen LogP contribution >= 0.6 is 0 Å². The Labute approximate surface area is 109 Å². The van der Waals surface area contributed by atoms with Gasteiger partial charge >= 0.3 is 0 Å². The van der Waals surface area contributed by atoms with Crippen molar-refractivity contribution in [1.29, 1.82) is 0 Å². The number of methoxy groups -OCH3 is 1. The van der Waals surface area contributed by atoms with E-state index in [2.05, 4.69) is 13.0 Å². The molecule has 0 bridgehead atoms. The lowest BCUT2D eigenvalue weighted by Crippen LogP contribution is -2.31. The molecule has 1 aromatic carbocycles. The topological polar surface area (TPSA) is 44.5 Å². The normalized spacial score (nSPS) is 18.4. The van der Waals surface area contributed by atoms with Gasteiger partial charge in [0.05, 0.1) is 19.3 Å². The van der Waals surface area contributed by atoms with E-state index < -0.39 is 0 Å². The molecule has 0 heterocycles. The number of nitrogens with two attached hydrogens (primary N) is 1. The van der Waals surface area contributed by atoms with Gasteiger partial charge in [0.1, 0.15) is 5.75 Å². The smallest absolute Gasteiger partial charge is 0.123 e. The second-order valence-corrected chi connectivity index (χ2v) is 5.03. The molecule has 0 aromatic heterocycles. The van der Waals surface area contributed by atoms with Crippen molar-refractivity contribution in [3.05, 3.63) is 29.3 Å². The van der Waals surface area contributed by atoms with Gasteiger partial charge in [-0.2, -0.15) is 0 Å². The second-order valence-electron chi connectivity index (χ2n) is 5.03. The maximum atomic E-state index is 6.41. The molecule has 2 N–H and O–H groups in total. The van der Waals surface area contributed by atoms with E-state index in [-0.39, 0.29) is 12.1 Å². The predicted octanol–water partition coefficient (Wildman–Crippen LogP) is 2.82. The van der Waals surface area contributed by atoms with Crippen LogP contribution in [0.4, 0.5) is 0 Å². The third-order valence-corrected chi connectivity index (χ3v) is 3.54. The summed E-state index contributed by atoms with van der Waals surface area (Å²) in [5, 5.41) is 0. The molecule has 18 heavy (non-hydrogen) atoms. The first-order valence-electron chi connectivity index (χ1n) is 6.69. The summed E-state index contributed by atoms with van der Waals surface area (Å²) < 4.78 is 11.3. The highest BCUT2D eigenvalue weighted by molar-refractivity contribution is 5.39. The molecule has 1 aromatic rings. The first-order chi connectivity index (χ1) is 8.67. The van der Waals surface area contributed by atoms with E-state index in [1.807, 2.05) is 19.1 Å². The van der Waals surface area contributed by atoms with Crippen LogP contribution in [0.3, 0.4) is 0 Å². The van der Waals surface area contributed by atoms with E-state index in [9.17, 15) is 0 Å². The molecular weight excluding hydrogens is 226 g/mol. The van der Waals surface area contributed by atoms with Gasteiger partial charge in [0, 0.05) is 12.2 Å². The van der Waals surface area contributed by atoms with E-state index in [1.54, 1.807) is 7.11 Å². The molecule has 2 rings (SSSR count). The first kappa shape index (κ1) is 13.4. The summed E-state index contributed by atoms with van der Waals surface area (Å²) in [5.41, 5.74) is 8.67. The molecular formula is C15H23NO2. The molecule has 3 heteroatoms. The van der Waals surface area contributed by atoms with Crippen molar-refractivity contribution in [2.45, 2.75) is 38.8 Å². The van der Waals surface area contributed by atoms with Crippen molar-refractivity contribution in [1.82, 2.24) is 0 Å². The molecule has 3 nitrogen and oxygen atoms in total. The highest BCUT2D eigenvalue weighted by Gasteiger charge is 2.37. The third kappa shape index (κ3) is 2.85. The molecule has 1 aliphatic rings. The maximum Gasteiger partial charge on any atom is 0.123 e. The Bertz CT molecular complexity index is 401. The van der Waals surface area contributed by atoms with E-state index in [1.165, 1.54) is 18.4 Å². The molecule has 0 spiro atoms. The average molecular weight is 249 g/mol. The second kappa shape index (κ2) is 5.72. The number of ether oxygens (including phenoxy) is 2. The van der Waals surface area contributed by atoms with Crippen molar-refractivity contribution >= 4 is 0 Å². The van der Waals surface area contributed by atoms with Gasteiger partial charge in [-0.15, -0.1) is 0 Å². The number of aryl methyl sites for hydroxylation is 1. The SMILES string of the molecule is CCOC(C1CC1)C(N)c1cc(C)ccc1OC. The predicted molar refractivity (Wildman–Crippen MR) is 72.8 cm³/mol. The lowest BCUT2D eigenvalue weighted by atomic mass is 9.96. The van der Waals surface area contributed by atoms with E-state index >= 15 is 0 Å². The van der Waals surface area contributed by atoms with Gasteiger partial charge in [-0.25, -0.2) is 0 Å². The molecule has 1 aliphatic carbocycles. The van der Waals surface area contributed by atoms with Crippen LogP contribution in [0.5, 0.6) is 5.75 Å². The van der Waals surface area contributed by atoms with Crippen molar-refractivity contribution in [3.63, 3.8) is 0 Å². The lowest BCUT2D eigenvalue weighted by molar-refractivity contribution is 0.0278. The highest BCUT2D eigenvalue weighted by Crippen LogP contribution is 2.41. The molecule has 100 valence electrons. The quantitative estimate of drug-likeness (QED) is 0.843. The molecule has 0 aliphatic heterocycles. The van der Waals surface area contributed by atoms with Crippen LogP contribution < -0.4 is 10.5 Å². The van der Waals surface area contributed by atoms with Gasteiger partial charge in [0.2, 0.25) is 0 Å². The molecule has 0 amide bonds. The van der Waals surface area contributed by atoms with Crippen molar-refractivity contribution in [3.8, 4) is 5.75 Å². The van der Waals surface area contributed by atoms with E-state index in [4.69, 9.17) is 15.2 Å². The van der Waals surface area contributed by atoms with E-state index in [0.29, 0.717) is 12.5 Å². The molecule has 0 saturated heterocycles. The zero-order chi connectivity index (χ0) is 13.1. The van der Waals surface area contributed by atoms with Gasteiger partial charge in [0.15, 0.2) is 0 Å². The van der Waals surface area contributed by atoms with Crippen LogP contribution in [0, 0.1) is 12.8 Å². The van der Waals surface area contributed by atoms with Gasteiger partial charge < -0.3 is 15.2 Å². The van der Waals surface area contributed by atoms with Crippen molar-refractivity contribution in [2.75, 3.05) is 13.7 Å². The summed E-state index contributed by atoms with van der Waals surface area (Å²) in [6.07, 6.45) is 2.57. The Morgan fingerprint density at radius 3 is 2.67 bits per heavy atom. The Balaban J connectivity index is 2.24. The van der Waals surface area contributed by atoms with Gasteiger partial charge in [0.25, 0.3) is 0 Å². The van der Waals surface area contributed by atoms with Crippen molar-refractivity contribution in [2.24, 2.45) is 11.7 Å². The third-order valence-electron chi connectivity index (χ3n) is 3.54. The van der Waals surface area contributed by atoms with E-state index in [0.717, 1.165) is 11.3 Å². The van der Waals surface area contributed by atoms with Crippen LogP contribution in [0.2, 0.25) is 0 Å². The van der Waals surface area contributed by atoms with Crippen molar-refractivity contribution < 1.29 is 9.47 Å². The van der Waals surface area contributed by atoms with Gasteiger partial charge in [-0.05, 0) is 38.7 Å². The zero-order valence-electron chi connectivity index (χ0n) is 11.5. The first-order valence-corrected chi connectivity index (χ1v) is 6.69.